The standard InChI is InChI=1S/C21H25N3/c1-14-11-15(2)19(16(3)12-14)23-20(21(4,5)6)24-13-22-17-9-7-8-10-18(17)24/h7-13H,1-6H3. The molecule has 0 saturated heterocycles. The summed E-state index contributed by atoms with van der Waals surface area (Å²) < 4.78 is 2.12. The molecule has 0 N–H and O–H groups in total. The number of rotatable bonds is 1. The molecule has 0 spiro atoms. The van der Waals surface area contributed by atoms with Crippen LogP contribution in [0.25, 0.3) is 11.0 Å². The van der Waals surface area contributed by atoms with E-state index in [1.165, 1.54) is 16.7 Å². The van der Waals surface area contributed by atoms with Crippen molar-refractivity contribution in [3.63, 3.8) is 0 Å². The first-order chi connectivity index (χ1) is 11.3. The fraction of sp³-hybridized carbons (Fsp3) is 0.333. The lowest BCUT2D eigenvalue weighted by molar-refractivity contribution is 0.573. The molecular formula is C21H25N3. The van der Waals surface area contributed by atoms with E-state index in [9.17, 15) is 0 Å². The maximum Gasteiger partial charge on any atom is 0.120 e. The number of hydrogen-bond acceptors (Lipinski definition) is 2. The van der Waals surface area contributed by atoms with Gasteiger partial charge < -0.3 is 0 Å². The summed E-state index contributed by atoms with van der Waals surface area (Å²) in [6.07, 6.45) is 1.88. The Balaban J connectivity index is 2.26. The van der Waals surface area contributed by atoms with Crippen LogP contribution in [-0.2, 0) is 0 Å². The molecule has 3 nitrogen and oxygen atoms in total. The minimum atomic E-state index is -0.104. The Morgan fingerprint density at radius 3 is 2.25 bits per heavy atom. The molecule has 3 heteroatoms. The Bertz CT molecular complexity index is 901. The third kappa shape index (κ3) is 2.99. The Hall–Kier alpha value is -2.42. The SMILES string of the molecule is Cc1cc(C)c(N=C(n2cnc3ccccc32)C(C)(C)C)c(C)c1. The van der Waals surface area contributed by atoms with Crippen LogP contribution in [-0.4, -0.2) is 15.4 Å². The highest BCUT2D eigenvalue weighted by Crippen LogP contribution is 2.30. The molecule has 0 atom stereocenters. The zero-order valence-electron chi connectivity index (χ0n) is 15.4. The van der Waals surface area contributed by atoms with Gasteiger partial charge in [-0.15, -0.1) is 0 Å². The summed E-state index contributed by atoms with van der Waals surface area (Å²) >= 11 is 0. The molecule has 0 bridgehead atoms. The molecule has 1 heterocycles. The Morgan fingerprint density at radius 1 is 1.00 bits per heavy atom. The summed E-state index contributed by atoms with van der Waals surface area (Å²) in [4.78, 5) is 9.64. The lowest BCUT2D eigenvalue weighted by Gasteiger charge is -2.23. The highest BCUT2D eigenvalue weighted by molar-refractivity contribution is 5.98. The number of aryl methyl sites for hydroxylation is 3. The van der Waals surface area contributed by atoms with Gasteiger partial charge in [0.2, 0.25) is 0 Å². The number of fused-ring (bicyclic) bond motifs is 1. The van der Waals surface area contributed by atoms with Crippen LogP contribution in [0.15, 0.2) is 47.7 Å². The van der Waals surface area contributed by atoms with Crippen molar-refractivity contribution in [1.29, 1.82) is 0 Å². The largest absolute Gasteiger partial charge is 0.286 e. The second kappa shape index (κ2) is 5.90. The number of imidazole rings is 1. The van der Waals surface area contributed by atoms with E-state index < -0.39 is 0 Å². The van der Waals surface area contributed by atoms with E-state index in [-0.39, 0.29) is 5.41 Å². The zero-order chi connectivity index (χ0) is 17.5. The van der Waals surface area contributed by atoms with Crippen LogP contribution in [0.1, 0.15) is 37.5 Å². The summed E-state index contributed by atoms with van der Waals surface area (Å²) in [7, 11) is 0. The monoisotopic (exact) mass is 319 g/mol. The van der Waals surface area contributed by atoms with Gasteiger partial charge in [-0.25, -0.2) is 9.98 Å². The number of aromatic nitrogens is 2. The molecule has 0 aliphatic heterocycles. The summed E-state index contributed by atoms with van der Waals surface area (Å²) in [6, 6.07) is 12.6. The van der Waals surface area contributed by atoms with Crippen molar-refractivity contribution in [2.75, 3.05) is 0 Å². The van der Waals surface area contributed by atoms with E-state index >= 15 is 0 Å². The van der Waals surface area contributed by atoms with Gasteiger partial charge in [0.25, 0.3) is 0 Å². The molecule has 24 heavy (non-hydrogen) atoms. The molecule has 0 amide bonds. The van der Waals surface area contributed by atoms with Crippen LogP contribution in [0.2, 0.25) is 0 Å². The van der Waals surface area contributed by atoms with Crippen molar-refractivity contribution in [3.05, 3.63) is 59.4 Å². The minimum Gasteiger partial charge on any atom is -0.286 e. The maximum absolute atomic E-state index is 5.10. The third-order valence-corrected chi connectivity index (χ3v) is 4.21. The van der Waals surface area contributed by atoms with Crippen LogP contribution in [0.3, 0.4) is 0 Å². The van der Waals surface area contributed by atoms with Crippen molar-refractivity contribution < 1.29 is 0 Å². The third-order valence-electron chi connectivity index (χ3n) is 4.21. The molecule has 124 valence electrons. The molecule has 3 aromatic rings. The normalized spacial score (nSPS) is 12.8. The first-order valence-corrected chi connectivity index (χ1v) is 8.37. The quantitative estimate of drug-likeness (QED) is 0.425. The number of nitrogens with zero attached hydrogens (tertiary/aromatic N) is 3. The number of para-hydroxylation sites is 2. The Morgan fingerprint density at radius 2 is 1.62 bits per heavy atom. The molecule has 2 aromatic carbocycles. The first-order valence-electron chi connectivity index (χ1n) is 8.37. The molecule has 1 aromatic heterocycles. The van der Waals surface area contributed by atoms with Gasteiger partial charge >= 0.3 is 0 Å². The van der Waals surface area contributed by atoms with Crippen LogP contribution in [0, 0.1) is 26.2 Å². The molecule has 0 saturated carbocycles. The molecule has 0 fully saturated rings. The van der Waals surface area contributed by atoms with Gasteiger partial charge in [0.05, 0.1) is 16.7 Å². The van der Waals surface area contributed by atoms with E-state index in [0.717, 1.165) is 22.6 Å². The van der Waals surface area contributed by atoms with E-state index in [2.05, 4.69) is 69.3 Å². The Kier molecular flexibility index (Phi) is 4.04. The fourth-order valence-electron chi connectivity index (χ4n) is 3.17. The summed E-state index contributed by atoms with van der Waals surface area (Å²) in [5.41, 5.74) is 6.73. The van der Waals surface area contributed by atoms with Crippen LogP contribution in [0.4, 0.5) is 5.69 Å². The van der Waals surface area contributed by atoms with E-state index in [4.69, 9.17) is 4.99 Å². The lowest BCUT2D eigenvalue weighted by Crippen LogP contribution is -2.27. The van der Waals surface area contributed by atoms with Gasteiger partial charge in [-0.3, -0.25) is 4.57 Å². The highest BCUT2D eigenvalue weighted by atomic mass is 15.1. The number of hydrogen-bond donors (Lipinski definition) is 0. The van der Waals surface area contributed by atoms with Crippen molar-refractivity contribution in [2.24, 2.45) is 10.4 Å². The second-order valence-electron chi connectivity index (χ2n) is 7.54. The average molecular weight is 319 g/mol. The molecule has 0 aliphatic rings. The maximum atomic E-state index is 5.10. The topological polar surface area (TPSA) is 30.2 Å². The van der Waals surface area contributed by atoms with E-state index in [1.807, 2.05) is 24.5 Å². The molecule has 3 rings (SSSR count). The molecule has 0 aliphatic carbocycles. The molecular weight excluding hydrogens is 294 g/mol. The predicted molar refractivity (Wildman–Crippen MR) is 102 cm³/mol. The van der Waals surface area contributed by atoms with Crippen molar-refractivity contribution in [3.8, 4) is 0 Å². The number of benzene rings is 2. The predicted octanol–water partition coefficient (Wildman–Crippen LogP) is 5.59. The van der Waals surface area contributed by atoms with Crippen molar-refractivity contribution in [2.45, 2.75) is 41.5 Å². The van der Waals surface area contributed by atoms with Gasteiger partial charge in [0, 0.05) is 5.41 Å². The van der Waals surface area contributed by atoms with Gasteiger partial charge in [-0.05, 0) is 44.0 Å². The van der Waals surface area contributed by atoms with Gasteiger partial charge in [0.1, 0.15) is 12.2 Å². The second-order valence-corrected chi connectivity index (χ2v) is 7.54. The summed E-state index contributed by atoms with van der Waals surface area (Å²) in [5.74, 6) is 1.01. The zero-order valence-corrected chi connectivity index (χ0v) is 15.4. The van der Waals surface area contributed by atoms with Crippen molar-refractivity contribution in [1.82, 2.24) is 9.55 Å². The average Bonchev–Trinajstić information content (AvgIpc) is 2.89. The van der Waals surface area contributed by atoms with Gasteiger partial charge in [0.15, 0.2) is 0 Å². The van der Waals surface area contributed by atoms with E-state index in [1.54, 1.807) is 0 Å². The summed E-state index contributed by atoms with van der Waals surface area (Å²) in [5, 5.41) is 0. The minimum absolute atomic E-state index is 0.104. The first kappa shape index (κ1) is 16.4. The molecule has 0 radical (unpaired) electrons. The summed E-state index contributed by atoms with van der Waals surface area (Å²) in [6.45, 7) is 13.0. The van der Waals surface area contributed by atoms with Crippen molar-refractivity contribution >= 4 is 22.6 Å². The van der Waals surface area contributed by atoms with Gasteiger partial charge in [-0.1, -0.05) is 50.6 Å². The lowest BCUT2D eigenvalue weighted by atomic mass is 9.94. The van der Waals surface area contributed by atoms with E-state index in [0.29, 0.717) is 0 Å². The highest BCUT2D eigenvalue weighted by Gasteiger charge is 2.23. The number of aliphatic imine (C=N–C) groups is 1. The molecule has 0 unspecified atom stereocenters. The fourth-order valence-corrected chi connectivity index (χ4v) is 3.17. The Labute approximate surface area is 144 Å². The van der Waals surface area contributed by atoms with Crippen LogP contribution in [0.5, 0.6) is 0 Å². The van der Waals surface area contributed by atoms with Crippen LogP contribution >= 0.6 is 0 Å². The smallest absolute Gasteiger partial charge is 0.120 e. The van der Waals surface area contributed by atoms with Crippen LogP contribution < -0.4 is 0 Å². The van der Waals surface area contributed by atoms with Gasteiger partial charge in [-0.2, -0.15) is 0 Å².